The van der Waals surface area contributed by atoms with Gasteiger partial charge in [-0.3, -0.25) is 0 Å². The van der Waals surface area contributed by atoms with E-state index in [0.29, 0.717) is 0 Å². The van der Waals surface area contributed by atoms with Gasteiger partial charge in [-0.1, -0.05) is 44.2 Å². The zero-order chi connectivity index (χ0) is 12.8. The number of aromatic nitrogens is 1. The van der Waals surface area contributed by atoms with Crippen molar-refractivity contribution in [3.8, 4) is 10.4 Å². The lowest BCUT2D eigenvalue weighted by atomic mass is 10.2. The Bertz CT molecular complexity index is 460. The summed E-state index contributed by atoms with van der Waals surface area (Å²) < 4.78 is 0. The SMILES string of the molecule is CCN(CC)CCc1ncc(-c2ccccc2)s1. The summed E-state index contributed by atoms with van der Waals surface area (Å²) in [4.78, 5) is 8.23. The topological polar surface area (TPSA) is 16.1 Å². The zero-order valence-electron chi connectivity index (χ0n) is 11.1. The number of hydrogen-bond acceptors (Lipinski definition) is 3. The van der Waals surface area contributed by atoms with Crippen molar-refractivity contribution in [3.63, 3.8) is 0 Å². The number of benzene rings is 1. The van der Waals surface area contributed by atoms with E-state index in [1.54, 1.807) is 0 Å². The van der Waals surface area contributed by atoms with E-state index in [1.807, 2.05) is 23.6 Å². The van der Waals surface area contributed by atoms with E-state index in [4.69, 9.17) is 0 Å². The highest BCUT2D eigenvalue weighted by Crippen LogP contribution is 2.25. The number of thiazole rings is 1. The van der Waals surface area contributed by atoms with Gasteiger partial charge in [-0.05, 0) is 18.7 Å². The predicted octanol–water partition coefficient (Wildman–Crippen LogP) is 3.69. The Morgan fingerprint density at radius 3 is 2.50 bits per heavy atom. The molecular formula is C15H20N2S. The third-order valence-corrected chi connectivity index (χ3v) is 4.25. The molecule has 0 aliphatic rings. The molecule has 1 heterocycles. The fourth-order valence-corrected chi connectivity index (χ4v) is 2.87. The summed E-state index contributed by atoms with van der Waals surface area (Å²) in [7, 11) is 0. The van der Waals surface area contributed by atoms with Gasteiger partial charge >= 0.3 is 0 Å². The summed E-state index contributed by atoms with van der Waals surface area (Å²) in [6, 6.07) is 10.5. The van der Waals surface area contributed by atoms with Crippen molar-refractivity contribution in [2.45, 2.75) is 20.3 Å². The molecule has 96 valence electrons. The van der Waals surface area contributed by atoms with Crippen LogP contribution in [0.5, 0.6) is 0 Å². The molecule has 0 aliphatic heterocycles. The lowest BCUT2D eigenvalue weighted by Gasteiger charge is -2.16. The Kier molecular flexibility index (Phi) is 4.90. The smallest absolute Gasteiger partial charge is 0.0944 e. The molecule has 0 unspecified atom stereocenters. The average Bonchev–Trinajstić information content (AvgIpc) is 2.90. The molecule has 18 heavy (non-hydrogen) atoms. The van der Waals surface area contributed by atoms with Crippen LogP contribution in [-0.2, 0) is 6.42 Å². The van der Waals surface area contributed by atoms with Gasteiger partial charge in [0, 0.05) is 19.2 Å². The summed E-state index contributed by atoms with van der Waals surface area (Å²) in [6.07, 6.45) is 3.05. The van der Waals surface area contributed by atoms with Crippen molar-refractivity contribution in [1.29, 1.82) is 0 Å². The van der Waals surface area contributed by atoms with Gasteiger partial charge in [0.1, 0.15) is 0 Å². The third kappa shape index (κ3) is 3.40. The van der Waals surface area contributed by atoms with Crippen LogP contribution in [0.3, 0.4) is 0 Å². The van der Waals surface area contributed by atoms with Crippen LogP contribution in [-0.4, -0.2) is 29.5 Å². The third-order valence-electron chi connectivity index (χ3n) is 3.15. The van der Waals surface area contributed by atoms with Crippen LogP contribution in [0.2, 0.25) is 0 Å². The van der Waals surface area contributed by atoms with Crippen LogP contribution in [0, 0.1) is 0 Å². The average molecular weight is 260 g/mol. The second kappa shape index (κ2) is 6.66. The number of rotatable bonds is 6. The molecule has 3 heteroatoms. The summed E-state index contributed by atoms with van der Waals surface area (Å²) >= 11 is 1.81. The van der Waals surface area contributed by atoms with Crippen LogP contribution in [0.4, 0.5) is 0 Å². The van der Waals surface area contributed by atoms with Gasteiger partial charge in [0.25, 0.3) is 0 Å². The monoisotopic (exact) mass is 260 g/mol. The minimum Gasteiger partial charge on any atom is -0.303 e. The van der Waals surface area contributed by atoms with Gasteiger partial charge in [-0.15, -0.1) is 11.3 Å². The Hall–Kier alpha value is -1.19. The standard InChI is InChI=1S/C15H20N2S/c1-3-17(4-2)11-10-15-16-12-14(18-15)13-8-6-5-7-9-13/h5-9,12H,3-4,10-11H2,1-2H3. The van der Waals surface area contributed by atoms with Gasteiger partial charge in [-0.25, -0.2) is 4.98 Å². The van der Waals surface area contributed by atoms with Crippen LogP contribution in [0.25, 0.3) is 10.4 Å². The van der Waals surface area contributed by atoms with E-state index < -0.39 is 0 Å². The first-order chi connectivity index (χ1) is 8.83. The second-order valence-corrected chi connectivity index (χ2v) is 5.38. The first-order valence-electron chi connectivity index (χ1n) is 6.56. The molecule has 0 saturated carbocycles. The summed E-state index contributed by atoms with van der Waals surface area (Å²) in [5.41, 5.74) is 1.27. The highest BCUT2D eigenvalue weighted by Gasteiger charge is 2.05. The van der Waals surface area contributed by atoms with Crippen molar-refractivity contribution in [2.75, 3.05) is 19.6 Å². The molecule has 0 saturated heterocycles. The predicted molar refractivity (Wildman–Crippen MR) is 79.0 cm³/mol. The van der Waals surface area contributed by atoms with E-state index in [0.717, 1.165) is 26.1 Å². The molecule has 0 atom stereocenters. The van der Waals surface area contributed by atoms with Crippen LogP contribution in [0.1, 0.15) is 18.9 Å². The Morgan fingerprint density at radius 1 is 1.11 bits per heavy atom. The zero-order valence-corrected chi connectivity index (χ0v) is 11.9. The van der Waals surface area contributed by atoms with Crippen molar-refractivity contribution < 1.29 is 0 Å². The quantitative estimate of drug-likeness (QED) is 0.787. The molecule has 0 fully saturated rings. The molecule has 2 nitrogen and oxygen atoms in total. The van der Waals surface area contributed by atoms with Crippen molar-refractivity contribution in [3.05, 3.63) is 41.5 Å². The molecular weight excluding hydrogens is 240 g/mol. The fraction of sp³-hybridized carbons (Fsp3) is 0.400. The van der Waals surface area contributed by atoms with E-state index >= 15 is 0 Å². The normalized spacial score (nSPS) is 11.1. The molecule has 1 aromatic heterocycles. The van der Waals surface area contributed by atoms with Gasteiger partial charge in [-0.2, -0.15) is 0 Å². The van der Waals surface area contributed by atoms with Crippen molar-refractivity contribution in [1.82, 2.24) is 9.88 Å². The van der Waals surface area contributed by atoms with E-state index in [1.165, 1.54) is 15.4 Å². The Labute approximate surface area is 113 Å². The summed E-state index contributed by atoms with van der Waals surface area (Å²) in [6.45, 7) is 7.76. The van der Waals surface area contributed by atoms with Crippen LogP contribution < -0.4 is 0 Å². The number of likely N-dealkylation sites (N-methyl/N-ethyl adjacent to an activating group) is 1. The first-order valence-corrected chi connectivity index (χ1v) is 7.37. The molecule has 0 aliphatic carbocycles. The molecule has 0 N–H and O–H groups in total. The molecule has 2 aromatic rings. The highest BCUT2D eigenvalue weighted by atomic mass is 32.1. The number of hydrogen-bond donors (Lipinski definition) is 0. The minimum absolute atomic E-state index is 1.05. The molecule has 1 aromatic carbocycles. The number of nitrogens with zero attached hydrogens (tertiary/aromatic N) is 2. The maximum Gasteiger partial charge on any atom is 0.0944 e. The Balaban J connectivity index is 1.98. The van der Waals surface area contributed by atoms with Gasteiger partial charge in [0.2, 0.25) is 0 Å². The minimum atomic E-state index is 1.05. The molecule has 0 radical (unpaired) electrons. The van der Waals surface area contributed by atoms with Crippen LogP contribution >= 0.6 is 11.3 Å². The molecule has 2 rings (SSSR count). The van der Waals surface area contributed by atoms with Crippen molar-refractivity contribution >= 4 is 11.3 Å². The lowest BCUT2D eigenvalue weighted by molar-refractivity contribution is 0.308. The molecule has 0 spiro atoms. The summed E-state index contributed by atoms with van der Waals surface area (Å²) in [5.74, 6) is 0. The van der Waals surface area contributed by atoms with E-state index in [9.17, 15) is 0 Å². The molecule has 0 amide bonds. The Morgan fingerprint density at radius 2 is 1.83 bits per heavy atom. The van der Waals surface area contributed by atoms with Gasteiger partial charge in [0.05, 0.1) is 9.88 Å². The molecule has 0 bridgehead atoms. The fourth-order valence-electron chi connectivity index (χ4n) is 1.96. The van der Waals surface area contributed by atoms with E-state index in [-0.39, 0.29) is 0 Å². The lowest BCUT2D eigenvalue weighted by Crippen LogP contribution is -2.25. The maximum atomic E-state index is 4.52. The largest absolute Gasteiger partial charge is 0.303 e. The summed E-state index contributed by atoms with van der Waals surface area (Å²) in [5, 5.41) is 1.24. The van der Waals surface area contributed by atoms with Gasteiger partial charge < -0.3 is 4.90 Å². The van der Waals surface area contributed by atoms with Gasteiger partial charge in [0.15, 0.2) is 0 Å². The highest BCUT2D eigenvalue weighted by molar-refractivity contribution is 7.15. The van der Waals surface area contributed by atoms with E-state index in [2.05, 4.69) is 48.0 Å². The second-order valence-electron chi connectivity index (χ2n) is 4.26. The maximum absolute atomic E-state index is 4.52. The van der Waals surface area contributed by atoms with Crippen LogP contribution in [0.15, 0.2) is 36.5 Å². The first kappa shape index (κ1) is 13.2. The van der Waals surface area contributed by atoms with Crippen molar-refractivity contribution in [2.24, 2.45) is 0 Å².